The van der Waals surface area contributed by atoms with Crippen LogP contribution in [0.2, 0.25) is 0 Å². The maximum absolute atomic E-state index is 14.1. The average Bonchev–Trinajstić information content (AvgIpc) is 3.38. The number of carboxylic acid groups (broad SMARTS) is 1. The normalized spacial score (nSPS) is 15.9. The second kappa shape index (κ2) is 11.8. The quantitative estimate of drug-likeness (QED) is 0.408. The molecular formula is C28H38N6O4. The van der Waals surface area contributed by atoms with E-state index >= 15 is 0 Å². The van der Waals surface area contributed by atoms with Crippen LogP contribution in [0.1, 0.15) is 73.9 Å². The summed E-state index contributed by atoms with van der Waals surface area (Å²) in [7, 11) is 1.94. The van der Waals surface area contributed by atoms with Crippen LogP contribution in [0, 0.1) is 5.92 Å². The van der Waals surface area contributed by atoms with Crippen molar-refractivity contribution in [2.24, 2.45) is 18.7 Å². The number of carboxylic acids is 1. The Bertz CT molecular complexity index is 1290. The summed E-state index contributed by atoms with van der Waals surface area (Å²) in [5.74, 6) is -1.28. The van der Waals surface area contributed by atoms with Crippen LogP contribution >= 0.6 is 0 Å². The number of nitrogens with one attached hydrogen (secondary N) is 1. The summed E-state index contributed by atoms with van der Waals surface area (Å²) < 4.78 is 2.00. The van der Waals surface area contributed by atoms with Crippen LogP contribution in [-0.2, 0) is 18.3 Å². The van der Waals surface area contributed by atoms with Crippen LogP contribution in [-0.4, -0.2) is 66.5 Å². The van der Waals surface area contributed by atoms with Crippen molar-refractivity contribution < 1.29 is 19.5 Å². The van der Waals surface area contributed by atoms with Gasteiger partial charge in [0, 0.05) is 49.9 Å². The number of aromatic nitrogens is 3. The van der Waals surface area contributed by atoms with Crippen LogP contribution < -0.4 is 5.73 Å². The molecule has 0 spiro atoms. The number of hydrogen-bond acceptors (Lipinski definition) is 5. The first-order chi connectivity index (χ1) is 18.2. The SMILES string of the molecule is CC(C)C[C@H](N)C(=O)N(C(=O)N1CCCCCC1)[C@H](Cc1cn(C)c2ccccc12)c1nc(C(=O)O)c[nH]1. The van der Waals surface area contributed by atoms with Gasteiger partial charge in [-0.05, 0) is 36.8 Å². The van der Waals surface area contributed by atoms with Gasteiger partial charge in [-0.2, -0.15) is 0 Å². The molecule has 1 aliphatic heterocycles. The topological polar surface area (TPSA) is 138 Å². The summed E-state index contributed by atoms with van der Waals surface area (Å²) >= 11 is 0. The average molecular weight is 523 g/mol. The van der Waals surface area contributed by atoms with E-state index in [0.29, 0.717) is 19.5 Å². The molecule has 4 N–H and O–H groups in total. The van der Waals surface area contributed by atoms with Gasteiger partial charge in [0.1, 0.15) is 11.9 Å². The zero-order chi connectivity index (χ0) is 27.4. The molecule has 10 nitrogen and oxygen atoms in total. The fourth-order valence-corrected chi connectivity index (χ4v) is 5.31. The number of aromatic carboxylic acids is 1. The van der Waals surface area contributed by atoms with Gasteiger partial charge in [-0.1, -0.05) is 44.9 Å². The Hall–Kier alpha value is -3.66. The number of imidazole rings is 1. The first-order valence-electron chi connectivity index (χ1n) is 13.4. The predicted molar refractivity (Wildman–Crippen MR) is 145 cm³/mol. The number of likely N-dealkylation sites (tertiary alicyclic amines) is 1. The minimum absolute atomic E-state index is 0.155. The number of para-hydroxylation sites is 1. The number of fused-ring (bicyclic) bond motifs is 1. The third-order valence-electron chi connectivity index (χ3n) is 7.20. The third kappa shape index (κ3) is 5.91. The van der Waals surface area contributed by atoms with E-state index < -0.39 is 30.0 Å². The number of benzene rings is 1. The number of urea groups is 1. The maximum Gasteiger partial charge on any atom is 0.356 e. The summed E-state index contributed by atoms with van der Waals surface area (Å²) in [6.07, 6.45) is 7.74. The summed E-state index contributed by atoms with van der Waals surface area (Å²) in [5.41, 5.74) is 8.14. The lowest BCUT2D eigenvalue weighted by atomic mass is 9.99. The molecule has 1 saturated heterocycles. The number of hydrogen-bond donors (Lipinski definition) is 3. The number of nitrogens with two attached hydrogens (primary N) is 1. The lowest BCUT2D eigenvalue weighted by Crippen LogP contribution is -2.54. The number of nitrogens with zero attached hydrogens (tertiary/aromatic N) is 4. The number of amides is 3. The van der Waals surface area contributed by atoms with Crippen LogP contribution in [0.4, 0.5) is 4.79 Å². The Kier molecular flexibility index (Phi) is 8.51. The van der Waals surface area contributed by atoms with Crippen molar-refractivity contribution in [2.75, 3.05) is 13.1 Å². The standard InChI is InChI=1S/C28H38N6O4/c1-18(2)14-21(29)26(35)34(28(38)33-12-8-4-5-9-13-33)24(25-30-16-22(31-25)27(36)37)15-19-17-32(3)23-11-7-6-10-20(19)23/h6-7,10-11,16-18,21,24H,4-5,8-9,12-15,29H2,1-3H3,(H,30,31)(H,36,37)/t21-,24+/m0/s1. The highest BCUT2D eigenvalue weighted by Crippen LogP contribution is 2.31. The molecular weight excluding hydrogens is 484 g/mol. The summed E-state index contributed by atoms with van der Waals surface area (Å²) in [6, 6.07) is 5.76. The monoisotopic (exact) mass is 522 g/mol. The number of H-pyrrole nitrogens is 1. The van der Waals surface area contributed by atoms with Gasteiger partial charge in [-0.25, -0.2) is 14.6 Å². The fraction of sp³-hybridized carbons (Fsp3) is 0.500. The lowest BCUT2D eigenvalue weighted by molar-refractivity contribution is -0.132. The molecule has 0 aliphatic carbocycles. The zero-order valence-corrected chi connectivity index (χ0v) is 22.4. The Labute approximate surface area is 222 Å². The van der Waals surface area contributed by atoms with Gasteiger partial charge in [-0.15, -0.1) is 0 Å². The molecule has 3 heterocycles. The van der Waals surface area contributed by atoms with E-state index in [-0.39, 0.29) is 23.9 Å². The molecule has 2 aromatic heterocycles. The number of aryl methyl sites for hydroxylation is 1. The predicted octanol–water partition coefficient (Wildman–Crippen LogP) is 4.08. The molecule has 204 valence electrons. The van der Waals surface area contributed by atoms with Gasteiger partial charge in [0.05, 0.1) is 6.04 Å². The van der Waals surface area contributed by atoms with E-state index in [4.69, 9.17) is 5.73 Å². The Morgan fingerprint density at radius 1 is 1.13 bits per heavy atom. The van der Waals surface area contributed by atoms with Gasteiger partial charge in [-0.3, -0.25) is 9.69 Å². The molecule has 1 aliphatic rings. The van der Waals surface area contributed by atoms with Gasteiger partial charge in [0.15, 0.2) is 5.69 Å². The Morgan fingerprint density at radius 3 is 2.45 bits per heavy atom. The second-order valence-electron chi connectivity index (χ2n) is 10.6. The number of aromatic amines is 1. The van der Waals surface area contributed by atoms with Crippen molar-refractivity contribution in [3.63, 3.8) is 0 Å². The molecule has 38 heavy (non-hydrogen) atoms. The van der Waals surface area contributed by atoms with Crippen molar-refractivity contribution in [2.45, 2.75) is 64.5 Å². The molecule has 2 atom stereocenters. The number of carbonyl (C=O) groups excluding carboxylic acids is 2. The van der Waals surface area contributed by atoms with E-state index in [9.17, 15) is 19.5 Å². The van der Waals surface area contributed by atoms with Gasteiger partial charge < -0.3 is 25.3 Å². The van der Waals surface area contributed by atoms with Crippen molar-refractivity contribution in [1.29, 1.82) is 0 Å². The van der Waals surface area contributed by atoms with Crippen LogP contribution in [0.15, 0.2) is 36.7 Å². The van der Waals surface area contributed by atoms with Gasteiger partial charge in [0.25, 0.3) is 0 Å². The van der Waals surface area contributed by atoms with E-state index in [1.165, 1.54) is 11.1 Å². The summed E-state index contributed by atoms with van der Waals surface area (Å²) in [5, 5.41) is 10.5. The highest BCUT2D eigenvalue weighted by molar-refractivity contribution is 5.97. The molecule has 0 unspecified atom stereocenters. The van der Waals surface area contributed by atoms with Gasteiger partial charge in [0.2, 0.25) is 5.91 Å². The minimum atomic E-state index is -1.19. The van der Waals surface area contributed by atoms with Crippen molar-refractivity contribution in [3.8, 4) is 0 Å². The van der Waals surface area contributed by atoms with Crippen LogP contribution in [0.25, 0.3) is 10.9 Å². The molecule has 1 aromatic carbocycles. The fourth-order valence-electron chi connectivity index (χ4n) is 5.31. The highest BCUT2D eigenvalue weighted by Gasteiger charge is 2.39. The summed E-state index contributed by atoms with van der Waals surface area (Å²) in [4.78, 5) is 49.9. The molecule has 0 saturated carbocycles. The molecule has 3 aromatic rings. The second-order valence-corrected chi connectivity index (χ2v) is 10.6. The minimum Gasteiger partial charge on any atom is -0.476 e. The Balaban J connectivity index is 1.82. The molecule has 0 bridgehead atoms. The molecule has 4 rings (SSSR count). The third-order valence-corrected chi connectivity index (χ3v) is 7.20. The van der Waals surface area contributed by atoms with Crippen molar-refractivity contribution >= 4 is 28.8 Å². The molecule has 10 heteroatoms. The molecule has 3 amide bonds. The van der Waals surface area contributed by atoms with E-state index in [1.807, 2.05) is 55.9 Å². The van der Waals surface area contributed by atoms with Crippen molar-refractivity contribution in [3.05, 3.63) is 53.7 Å². The lowest BCUT2D eigenvalue weighted by Gasteiger charge is -2.35. The van der Waals surface area contributed by atoms with E-state index in [2.05, 4.69) is 9.97 Å². The first-order valence-corrected chi connectivity index (χ1v) is 13.4. The maximum atomic E-state index is 14.1. The van der Waals surface area contributed by atoms with Crippen LogP contribution in [0.5, 0.6) is 0 Å². The number of imide groups is 1. The number of rotatable bonds is 8. The molecule has 0 radical (unpaired) electrons. The van der Waals surface area contributed by atoms with E-state index in [1.54, 1.807) is 4.90 Å². The first kappa shape index (κ1) is 27.4. The van der Waals surface area contributed by atoms with Crippen LogP contribution in [0.3, 0.4) is 0 Å². The smallest absolute Gasteiger partial charge is 0.356 e. The highest BCUT2D eigenvalue weighted by atomic mass is 16.4. The largest absolute Gasteiger partial charge is 0.476 e. The summed E-state index contributed by atoms with van der Waals surface area (Å²) in [6.45, 7) is 5.07. The number of carbonyl (C=O) groups is 3. The zero-order valence-electron chi connectivity index (χ0n) is 22.4. The molecule has 1 fully saturated rings. The van der Waals surface area contributed by atoms with Gasteiger partial charge >= 0.3 is 12.0 Å². The van der Waals surface area contributed by atoms with E-state index in [0.717, 1.165) is 42.1 Å². The van der Waals surface area contributed by atoms with Crippen molar-refractivity contribution in [1.82, 2.24) is 24.3 Å². The Morgan fingerprint density at radius 2 is 1.82 bits per heavy atom.